The predicted octanol–water partition coefficient (Wildman–Crippen LogP) is 3.93. The van der Waals surface area contributed by atoms with Crippen molar-refractivity contribution in [2.75, 3.05) is 34.2 Å². The SMILES string of the molecule is C[N+](C)(C)CCCNC(=O)C(c1ccccc1)c1ccccc1.Cc1ccc(S(=O)(=O)[O-])cc1. The fourth-order valence-electron chi connectivity index (χ4n) is 3.36. The highest BCUT2D eigenvalue weighted by molar-refractivity contribution is 7.85. The second-order valence-electron chi connectivity index (χ2n) is 9.18. The van der Waals surface area contributed by atoms with E-state index in [0.29, 0.717) is 6.54 Å². The lowest BCUT2D eigenvalue weighted by Gasteiger charge is -2.24. The van der Waals surface area contributed by atoms with Gasteiger partial charge in [-0.15, -0.1) is 0 Å². The molecule has 1 N–H and O–H groups in total. The molecule has 0 atom stereocenters. The summed E-state index contributed by atoms with van der Waals surface area (Å²) in [6.07, 6.45) is 0.978. The molecule has 0 aliphatic heterocycles. The summed E-state index contributed by atoms with van der Waals surface area (Å²) in [5.74, 6) is -0.176. The van der Waals surface area contributed by atoms with Crippen LogP contribution in [0.25, 0.3) is 0 Å². The number of carbonyl (C=O) groups excluding carboxylic acids is 1. The molecule has 0 fully saturated rings. The Morgan fingerprint density at radius 3 is 1.74 bits per heavy atom. The van der Waals surface area contributed by atoms with Gasteiger partial charge in [0.05, 0.1) is 38.5 Å². The molecule has 0 aliphatic carbocycles. The van der Waals surface area contributed by atoms with Crippen molar-refractivity contribution in [2.45, 2.75) is 24.2 Å². The van der Waals surface area contributed by atoms with Crippen molar-refractivity contribution in [1.29, 1.82) is 0 Å². The van der Waals surface area contributed by atoms with Crippen LogP contribution in [0.2, 0.25) is 0 Å². The van der Waals surface area contributed by atoms with Crippen molar-refractivity contribution < 1.29 is 22.2 Å². The van der Waals surface area contributed by atoms with Crippen LogP contribution in [0, 0.1) is 6.92 Å². The third kappa shape index (κ3) is 9.47. The number of hydrogen-bond donors (Lipinski definition) is 1. The molecule has 0 saturated carbocycles. The van der Waals surface area contributed by atoms with Crippen LogP contribution in [0.3, 0.4) is 0 Å². The summed E-state index contributed by atoms with van der Waals surface area (Å²) in [6, 6.07) is 25.7. The molecule has 0 spiro atoms. The summed E-state index contributed by atoms with van der Waals surface area (Å²) in [6.45, 7) is 3.58. The summed E-state index contributed by atoms with van der Waals surface area (Å²) in [5.41, 5.74) is 2.99. The minimum absolute atomic E-state index is 0.0730. The highest BCUT2D eigenvalue weighted by Gasteiger charge is 2.22. The zero-order valence-corrected chi connectivity index (χ0v) is 21.1. The Kier molecular flexibility index (Phi) is 9.98. The van der Waals surface area contributed by atoms with Crippen LogP contribution in [-0.2, 0) is 14.9 Å². The summed E-state index contributed by atoms with van der Waals surface area (Å²) in [4.78, 5) is 12.6. The van der Waals surface area contributed by atoms with Crippen molar-refractivity contribution in [1.82, 2.24) is 5.32 Å². The van der Waals surface area contributed by atoms with Gasteiger partial charge in [-0.1, -0.05) is 78.4 Å². The molecule has 182 valence electrons. The Morgan fingerprint density at radius 2 is 1.32 bits per heavy atom. The molecule has 3 aromatic rings. The third-order valence-corrected chi connectivity index (χ3v) is 5.99. The summed E-state index contributed by atoms with van der Waals surface area (Å²) in [5, 5.41) is 3.10. The maximum absolute atomic E-state index is 12.8. The number of quaternary nitrogens is 1. The standard InChI is InChI=1S/C20H26N2O.C7H8O3S/c1-22(2,3)16-10-15-21-20(23)19(17-11-6-4-7-12-17)18-13-8-5-9-14-18;1-6-2-4-7(5-3-6)11(8,9)10/h4-9,11-14,19H,10,15-16H2,1-3H3;2-5H,1H3,(H,8,9,10). The van der Waals surface area contributed by atoms with Crippen molar-refractivity contribution in [3.05, 3.63) is 102 Å². The number of amides is 1. The molecule has 3 aromatic carbocycles. The van der Waals surface area contributed by atoms with E-state index in [0.717, 1.165) is 34.1 Å². The average molecular weight is 483 g/mol. The van der Waals surface area contributed by atoms with Crippen LogP contribution in [0.4, 0.5) is 0 Å². The van der Waals surface area contributed by atoms with Crippen LogP contribution in [-0.4, -0.2) is 57.6 Å². The molecule has 0 unspecified atom stereocenters. The van der Waals surface area contributed by atoms with E-state index in [1.54, 1.807) is 12.1 Å². The highest BCUT2D eigenvalue weighted by atomic mass is 32.2. The van der Waals surface area contributed by atoms with Crippen molar-refractivity contribution in [3.63, 3.8) is 0 Å². The molecule has 0 heterocycles. The Balaban J connectivity index is 0.000000310. The first-order chi connectivity index (χ1) is 16.0. The molecule has 34 heavy (non-hydrogen) atoms. The second-order valence-corrected chi connectivity index (χ2v) is 10.6. The lowest BCUT2D eigenvalue weighted by molar-refractivity contribution is -0.870. The van der Waals surface area contributed by atoms with E-state index in [1.807, 2.05) is 67.6 Å². The minimum atomic E-state index is -4.27. The lowest BCUT2D eigenvalue weighted by Crippen LogP contribution is -2.38. The first-order valence-corrected chi connectivity index (χ1v) is 12.6. The fraction of sp³-hybridized carbons (Fsp3) is 0.296. The van der Waals surface area contributed by atoms with Gasteiger partial charge in [0, 0.05) is 13.0 Å². The van der Waals surface area contributed by atoms with E-state index in [9.17, 15) is 17.8 Å². The van der Waals surface area contributed by atoms with E-state index >= 15 is 0 Å². The number of carbonyl (C=O) groups is 1. The maximum atomic E-state index is 12.8. The van der Waals surface area contributed by atoms with Crippen LogP contribution in [0.5, 0.6) is 0 Å². The maximum Gasteiger partial charge on any atom is 0.232 e. The Morgan fingerprint density at radius 1 is 0.853 bits per heavy atom. The zero-order chi connectivity index (χ0) is 25.2. The van der Waals surface area contributed by atoms with Crippen LogP contribution in [0.15, 0.2) is 89.8 Å². The van der Waals surface area contributed by atoms with E-state index in [2.05, 4.69) is 26.5 Å². The molecule has 3 rings (SSSR count). The van der Waals surface area contributed by atoms with E-state index in [-0.39, 0.29) is 16.7 Å². The normalized spacial score (nSPS) is 11.5. The van der Waals surface area contributed by atoms with Crippen LogP contribution >= 0.6 is 0 Å². The Bertz CT molecular complexity index is 1090. The molecule has 6 nitrogen and oxygen atoms in total. The topological polar surface area (TPSA) is 86.3 Å². The summed E-state index contributed by atoms with van der Waals surface area (Å²) >= 11 is 0. The number of nitrogens with one attached hydrogen (secondary N) is 1. The van der Waals surface area contributed by atoms with Gasteiger partial charge in [0.25, 0.3) is 0 Å². The van der Waals surface area contributed by atoms with Gasteiger partial charge in [-0.25, -0.2) is 8.42 Å². The fourth-order valence-corrected chi connectivity index (χ4v) is 3.83. The number of hydrogen-bond acceptors (Lipinski definition) is 4. The molecule has 7 heteroatoms. The molecule has 1 amide bonds. The molecule has 0 aromatic heterocycles. The van der Waals surface area contributed by atoms with Gasteiger partial charge >= 0.3 is 0 Å². The molecule has 0 bridgehead atoms. The van der Waals surface area contributed by atoms with Gasteiger partial charge in [-0.05, 0) is 30.2 Å². The van der Waals surface area contributed by atoms with Crippen molar-refractivity contribution in [2.24, 2.45) is 0 Å². The van der Waals surface area contributed by atoms with Gasteiger partial charge < -0.3 is 14.4 Å². The lowest BCUT2D eigenvalue weighted by atomic mass is 9.90. The van der Waals surface area contributed by atoms with E-state index in [4.69, 9.17) is 0 Å². The molecule has 0 saturated heterocycles. The minimum Gasteiger partial charge on any atom is -0.744 e. The molecular weight excluding hydrogens is 448 g/mol. The number of benzene rings is 3. The van der Waals surface area contributed by atoms with Gasteiger partial charge in [0.15, 0.2) is 0 Å². The van der Waals surface area contributed by atoms with Gasteiger partial charge in [-0.2, -0.15) is 0 Å². The second kappa shape index (κ2) is 12.5. The zero-order valence-electron chi connectivity index (χ0n) is 20.3. The quantitative estimate of drug-likeness (QED) is 0.299. The summed E-state index contributed by atoms with van der Waals surface area (Å²) < 4.78 is 32.1. The molecule has 0 aliphatic rings. The first kappa shape index (κ1) is 27.2. The molecule has 0 radical (unpaired) electrons. The number of rotatable bonds is 8. The van der Waals surface area contributed by atoms with E-state index in [1.165, 1.54) is 12.1 Å². The number of aryl methyl sites for hydroxylation is 1. The first-order valence-electron chi connectivity index (χ1n) is 11.2. The van der Waals surface area contributed by atoms with Crippen molar-refractivity contribution in [3.8, 4) is 0 Å². The summed E-state index contributed by atoms with van der Waals surface area (Å²) in [7, 11) is 2.23. The van der Waals surface area contributed by atoms with Gasteiger partial charge in [0.1, 0.15) is 10.1 Å². The monoisotopic (exact) mass is 482 g/mol. The predicted molar refractivity (Wildman–Crippen MR) is 134 cm³/mol. The van der Waals surface area contributed by atoms with Gasteiger partial charge in [-0.3, -0.25) is 4.79 Å². The Labute approximate surface area is 203 Å². The third-order valence-electron chi connectivity index (χ3n) is 5.14. The number of nitrogens with zero attached hydrogens (tertiary/aromatic N) is 1. The Hall–Kier alpha value is -3.00. The average Bonchev–Trinajstić information content (AvgIpc) is 2.78. The van der Waals surface area contributed by atoms with E-state index < -0.39 is 10.1 Å². The van der Waals surface area contributed by atoms with Crippen LogP contribution in [0.1, 0.15) is 29.0 Å². The molecular formula is C27H34N2O4S. The van der Waals surface area contributed by atoms with Crippen molar-refractivity contribution >= 4 is 16.0 Å². The smallest absolute Gasteiger partial charge is 0.232 e. The van der Waals surface area contributed by atoms with Gasteiger partial charge in [0.2, 0.25) is 5.91 Å². The highest BCUT2D eigenvalue weighted by Crippen LogP contribution is 2.24. The van der Waals surface area contributed by atoms with Crippen LogP contribution < -0.4 is 5.32 Å². The largest absolute Gasteiger partial charge is 0.744 e.